The minimum atomic E-state index is -0.134. The Bertz CT molecular complexity index is 551. The molecule has 0 saturated heterocycles. The first kappa shape index (κ1) is 14.3. The summed E-state index contributed by atoms with van der Waals surface area (Å²) in [7, 11) is 1.95. The Kier molecular flexibility index (Phi) is 4.75. The van der Waals surface area contributed by atoms with E-state index in [-0.39, 0.29) is 11.7 Å². The maximum Gasteiger partial charge on any atom is 0.126 e. The van der Waals surface area contributed by atoms with Gasteiger partial charge in [0.05, 0.1) is 5.69 Å². The maximum absolute atomic E-state index is 13.9. The summed E-state index contributed by atoms with van der Waals surface area (Å²) in [5, 5.41) is 5.18. The lowest BCUT2D eigenvalue weighted by atomic mass is 9.95. The van der Waals surface area contributed by atoms with Crippen molar-refractivity contribution >= 4 is 15.9 Å². The predicted molar refractivity (Wildman–Crippen MR) is 79.2 cm³/mol. The Morgan fingerprint density at radius 2 is 2.11 bits per heavy atom. The van der Waals surface area contributed by atoms with E-state index in [4.69, 9.17) is 0 Å². The van der Waals surface area contributed by atoms with Crippen LogP contribution in [-0.4, -0.2) is 15.1 Å². The van der Waals surface area contributed by atoms with Gasteiger partial charge in [-0.3, -0.25) is 4.68 Å². The minimum absolute atomic E-state index is 0.126. The van der Waals surface area contributed by atoms with Crippen molar-refractivity contribution < 1.29 is 4.39 Å². The average molecular weight is 325 g/mol. The maximum atomic E-state index is 13.9. The summed E-state index contributed by atoms with van der Waals surface area (Å²) in [6.07, 6.45) is 1.71. The zero-order chi connectivity index (χ0) is 13.8. The lowest BCUT2D eigenvalue weighted by Gasteiger charge is -2.15. The molecule has 0 radical (unpaired) electrons. The second-order valence-corrected chi connectivity index (χ2v) is 5.33. The molecule has 1 unspecified atom stereocenters. The second-order valence-electron chi connectivity index (χ2n) is 4.68. The monoisotopic (exact) mass is 324 g/mol. The van der Waals surface area contributed by atoms with Gasteiger partial charge in [-0.2, -0.15) is 5.10 Å². The Morgan fingerprint density at radius 1 is 1.37 bits per heavy atom. The number of rotatable bonds is 5. The molecule has 19 heavy (non-hydrogen) atoms. The predicted octanol–water partition coefficient (Wildman–Crippen LogP) is 3.84. The quantitative estimate of drug-likeness (QED) is 0.764. The van der Waals surface area contributed by atoms with Crippen LogP contribution in [0.5, 0.6) is 0 Å². The van der Waals surface area contributed by atoms with E-state index in [0.29, 0.717) is 0 Å². The molecule has 2 rings (SSSR count). The zero-order valence-electron chi connectivity index (χ0n) is 11.2. The van der Waals surface area contributed by atoms with Crippen LogP contribution in [0.1, 0.15) is 29.8 Å². The third-order valence-corrected chi connectivity index (χ3v) is 4.16. The standard InChI is InChI=1S/C15H18BrFN2/c1-3-12-9-13(19(2)18-12)8-11(10-16)14-6-4-5-7-15(14)17/h4-7,9,11H,3,8,10H2,1-2H3. The highest BCUT2D eigenvalue weighted by atomic mass is 79.9. The molecule has 0 aliphatic rings. The number of aromatic nitrogens is 2. The lowest BCUT2D eigenvalue weighted by Crippen LogP contribution is -2.09. The van der Waals surface area contributed by atoms with E-state index >= 15 is 0 Å². The molecule has 0 amide bonds. The van der Waals surface area contributed by atoms with Gasteiger partial charge in [0.2, 0.25) is 0 Å². The Labute approximate surface area is 121 Å². The fourth-order valence-electron chi connectivity index (χ4n) is 2.24. The molecule has 0 bridgehead atoms. The first-order valence-electron chi connectivity index (χ1n) is 6.47. The van der Waals surface area contributed by atoms with Gasteiger partial charge in [0.15, 0.2) is 0 Å². The Morgan fingerprint density at radius 3 is 2.68 bits per heavy atom. The van der Waals surface area contributed by atoms with Crippen LogP contribution in [0.4, 0.5) is 4.39 Å². The van der Waals surface area contributed by atoms with Gasteiger partial charge in [0.1, 0.15) is 5.82 Å². The summed E-state index contributed by atoms with van der Waals surface area (Å²) in [5.41, 5.74) is 2.99. The largest absolute Gasteiger partial charge is 0.272 e. The van der Waals surface area contributed by atoms with Gasteiger partial charge in [-0.05, 0) is 30.5 Å². The van der Waals surface area contributed by atoms with Gasteiger partial charge >= 0.3 is 0 Å². The molecule has 2 nitrogen and oxygen atoms in total. The Balaban J connectivity index is 2.24. The zero-order valence-corrected chi connectivity index (χ0v) is 12.8. The van der Waals surface area contributed by atoms with Crippen LogP contribution in [-0.2, 0) is 19.9 Å². The van der Waals surface area contributed by atoms with Crippen LogP contribution >= 0.6 is 15.9 Å². The van der Waals surface area contributed by atoms with E-state index in [1.807, 2.05) is 23.9 Å². The molecule has 0 saturated carbocycles. The molecule has 0 fully saturated rings. The first-order valence-corrected chi connectivity index (χ1v) is 7.60. The molecule has 4 heteroatoms. The summed E-state index contributed by atoms with van der Waals surface area (Å²) in [6.45, 7) is 2.09. The van der Waals surface area contributed by atoms with Gasteiger partial charge in [-0.1, -0.05) is 41.1 Å². The van der Waals surface area contributed by atoms with E-state index in [1.165, 1.54) is 6.07 Å². The van der Waals surface area contributed by atoms with Gasteiger partial charge in [0.25, 0.3) is 0 Å². The highest BCUT2D eigenvalue weighted by Crippen LogP contribution is 2.25. The van der Waals surface area contributed by atoms with Crippen molar-refractivity contribution in [2.24, 2.45) is 7.05 Å². The number of hydrogen-bond acceptors (Lipinski definition) is 1. The van der Waals surface area contributed by atoms with Gasteiger partial charge < -0.3 is 0 Å². The molecule has 2 aromatic rings. The third kappa shape index (κ3) is 3.24. The number of alkyl halides is 1. The second kappa shape index (κ2) is 6.33. The fourth-order valence-corrected chi connectivity index (χ4v) is 2.82. The summed E-state index contributed by atoms with van der Waals surface area (Å²) >= 11 is 3.50. The third-order valence-electron chi connectivity index (χ3n) is 3.38. The summed E-state index contributed by atoms with van der Waals surface area (Å²) < 4.78 is 15.8. The van der Waals surface area contributed by atoms with Crippen molar-refractivity contribution in [1.82, 2.24) is 9.78 Å². The van der Waals surface area contributed by atoms with Crippen LogP contribution in [0.15, 0.2) is 30.3 Å². The molecule has 1 atom stereocenters. The molecular formula is C15H18BrFN2. The van der Waals surface area contributed by atoms with E-state index in [2.05, 4.69) is 34.0 Å². The molecular weight excluding hydrogens is 307 g/mol. The first-order chi connectivity index (χ1) is 9.15. The van der Waals surface area contributed by atoms with E-state index in [0.717, 1.165) is 35.1 Å². The van der Waals surface area contributed by atoms with Crippen LogP contribution < -0.4 is 0 Å². The number of hydrogen-bond donors (Lipinski definition) is 0. The topological polar surface area (TPSA) is 17.8 Å². The summed E-state index contributed by atoms with van der Waals surface area (Å²) in [4.78, 5) is 0. The fraction of sp³-hybridized carbons (Fsp3) is 0.400. The molecule has 0 spiro atoms. The molecule has 1 aromatic carbocycles. The molecule has 0 N–H and O–H groups in total. The van der Waals surface area contributed by atoms with Crippen LogP contribution in [0.25, 0.3) is 0 Å². The van der Waals surface area contributed by atoms with E-state index < -0.39 is 0 Å². The van der Waals surface area contributed by atoms with Gasteiger partial charge in [-0.15, -0.1) is 0 Å². The number of aryl methyl sites for hydroxylation is 2. The summed E-state index contributed by atoms with van der Waals surface area (Å²) in [6, 6.07) is 9.10. The van der Waals surface area contributed by atoms with Crippen molar-refractivity contribution in [3.8, 4) is 0 Å². The van der Waals surface area contributed by atoms with Crippen LogP contribution in [0.3, 0.4) is 0 Å². The lowest BCUT2D eigenvalue weighted by molar-refractivity contribution is 0.581. The van der Waals surface area contributed by atoms with Crippen molar-refractivity contribution in [3.63, 3.8) is 0 Å². The highest BCUT2D eigenvalue weighted by Gasteiger charge is 2.17. The van der Waals surface area contributed by atoms with E-state index in [9.17, 15) is 4.39 Å². The van der Waals surface area contributed by atoms with Crippen molar-refractivity contribution in [3.05, 3.63) is 53.1 Å². The highest BCUT2D eigenvalue weighted by molar-refractivity contribution is 9.09. The van der Waals surface area contributed by atoms with Crippen molar-refractivity contribution in [2.75, 3.05) is 5.33 Å². The van der Waals surface area contributed by atoms with Gasteiger partial charge in [0, 0.05) is 24.0 Å². The smallest absolute Gasteiger partial charge is 0.126 e. The normalized spacial score (nSPS) is 12.6. The molecule has 0 aliphatic heterocycles. The number of halogens is 2. The van der Waals surface area contributed by atoms with Crippen LogP contribution in [0.2, 0.25) is 0 Å². The summed E-state index contributed by atoms with van der Waals surface area (Å²) in [5.74, 6) is -0.00820. The molecule has 0 aliphatic carbocycles. The Hall–Kier alpha value is -1.16. The molecule has 102 valence electrons. The van der Waals surface area contributed by atoms with Gasteiger partial charge in [-0.25, -0.2) is 4.39 Å². The average Bonchev–Trinajstić information content (AvgIpc) is 2.77. The van der Waals surface area contributed by atoms with E-state index in [1.54, 1.807) is 6.07 Å². The van der Waals surface area contributed by atoms with Crippen molar-refractivity contribution in [2.45, 2.75) is 25.7 Å². The SMILES string of the molecule is CCc1cc(CC(CBr)c2ccccc2F)n(C)n1. The van der Waals surface area contributed by atoms with Crippen LogP contribution in [0, 0.1) is 5.82 Å². The number of benzene rings is 1. The van der Waals surface area contributed by atoms with Crippen molar-refractivity contribution in [1.29, 1.82) is 0 Å². The minimum Gasteiger partial charge on any atom is -0.272 e. The number of nitrogens with zero attached hydrogens (tertiary/aromatic N) is 2. The molecule has 1 heterocycles. The molecule has 1 aromatic heterocycles.